The monoisotopic (exact) mass is 208 g/mol. The summed E-state index contributed by atoms with van der Waals surface area (Å²) < 4.78 is 0. The molecule has 0 unspecified atom stereocenters. The van der Waals surface area contributed by atoms with Gasteiger partial charge in [0.1, 0.15) is 0 Å². The molecule has 0 radical (unpaired) electrons. The molecule has 1 aliphatic rings. The lowest BCUT2D eigenvalue weighted by Gasteiger charge is -2.32. The van der Waals surface area contributed by atoms with Crippen LogP contribution < -0.4 is 0 Å². The zero-order chi connectivity index (χ0) is 11.9. The van der Waals surface area contributed by atoms with Gasteiger partial charge in [0, 0.05) is 0 Å². The topological polar surface area (TPSA) is 0 Å². The predicted molar refractivity (Wildman–Crippen MR) is 71.1 cm³/mol. The van der Waals surface area contributed by atoms with Gasteiger partial charge in [-0.25, -0.2) is 0 Å². The van der Waals surface area contributed by atoms with Crippen LogP contribution >= 0.6 is 0 Å². The van der Waals surface area contributed by atoms with Crippen LogP contribution in [0.25, 0.3) is 0 Å². The van der Waals surface area contributed by atoms with Crippen molar-refractivity contribution in [1.29, 1.82) is 0 Å². The zero-order valence-corrected chi connectivity index (χ0v) is 11.5. The lowest BCUT2D eigenvalue weighted by molar-refractivity contribution is 0.376. The maximum atomic E-state index is 2.37. The predicted octanol–water partition coefficient (Wildman–Crippen LogP) is 5.51. The molecule has 0 heterocycles. The first-order valence-corrected chi connectivity index (χ1v) is 6.44. The fourth-order valence-corrected chi connectivity index (χ4v) is 2.25. The van der Waals surface area contributed by atoms with E-state index in [9.17, 15) is 0 Å². The van der Waals surface area contributed by atoms with E-state index in [1.165, 1.54) is 19.3 Å². The van der Waals surface area contributed by atoms with Gasteiger partial charge >= 0.3 is 0 Å². The Bertz CT molecular complexity index is 228. The van der Waals surface area contributed by atoms with Gasteiger partial charge in [-0.1, -0.05) is 52.3 Å². The summed E-state index contributed by atoms with van der Waals surface area (Å²) >= 11 is 0. The Labute approximate surface area is 96.5 Å². The minimum absolute atomic E-state index is 0.411. The summed E-state index contributed by atoms with van der Waals surface area (Å²) in [5.41, 5.74) is 3.59. The first kappa shape index (κ1) is 14.5. The molecule has 0 amide bonds. The van der Waals surface area contributed by atoms with Crippen LogP contribution in [0, 0.1) is 5.41 Å². The van der Waals surface area contributed by atoms with Crippen molar-refractivity contribution in [2.75, 3.05) is 0 Å². The highest BCUT2D eigenvalue weighted by molar-refractivity contribution is 5.32. The van der Waals surface area contributed by atoms with Crippen LogP contribution in [-0.2, 0) is 0 Å². The fraction of sp³-hybridized carbons (Fsp3) is 0.733. The Morgan fingerprint density at radius 3 is 2.33 bits per heavy atom. The second-order valence-electron chi connectivity index (χ2n) is 4.74. The van der Waals surface area contributed by atoms with Crippen molar-refractivity contribution in [3.05, 3.63) is 23.3 Å². The van der Waals surface area contributed by atoms with E-state index in [1.807, 2.05) is 13.8 Å². The third kappa shape index (κ3) is 4.24. The largest absolute Gasteiger partial charge is 0.0845 e. The molecule has 0 N–H and O–H groups in total. The SMILES string of the molecule is CC.CC/C=C/C1=C(C)CCCC1(C)C. The Balaban J connectivity index is 0.000000921. The van der Waals surface area contributed by atoms with E-state index in [2.05, 4.69) is 39.8 Å². The highest BCUT2D eigenvalue weighted by Gasteiger charge is 2.26. The van der Waals surface area contributed by atoms with Crippen molar-refractivity contribution in [3.8, 4) is 0 Å². The van der Waals surface area contributed by atoms with Crippen LogP contribution in [0.4, 0.5) is 0 Å². The summed E-state index contributed by atoms with van der Waals surface area (Å²) in [6.45, 7) is 13.2. The molecule has 0 aromatic carbocycles. The Kier molecular flexibility index (Phi) is 6.63. The molecule has 88 valence electrons. The van der Waals surface area contributed by atoms with Crippen LogP contribution in [-0.4, -0.2) is 0 Å². The van der Waals surface area contributed by atoms with Crippen LogP contribution in [0.3, 0.4) is 0 Å². The molecule has 0 aromatic rings. The molecule has 0 aromatic heterocycles. The molecule has 0 saturated carbocycles. The fourth-order valence-electron chi connectivity index (χ4n) is 2.25. The summed E-state index contributed by atoms with van der Waals surface area (Å²) in [5, 5.41) is 0. The van der Waals surface area contributed by atoms with Crippen molar-refractivity contribution in [2.45, 2.75) is 67.2 Å². The van der Waals surface area contributed by atoms with Gasteiger partial charge in [0.05, 0.1) is 0 Å². The number of allylic oxidation sites excluding steroid dienone is 4. The molecule has 0 atom stereocenters. The summed E-state index contributed by atoms with van der Waals surface area (Å²) in [4.78, 5) is 0. The van der Waals surface area contributed by atoms with Crippen LogP contribution in [0.15, 0.2) is 23.3 Å². The first-order valence-electron chi connectivity index (χ1n) is 6.44. The third-order valence-electron chi connectivity index (χ3n) is 3.06. The van der Waals surface area contributed by atoms with E-state index < -0.39 is 0 Å². The van der Waals surface area contributed by atoms with Crippen molar-refractivity contribution < 1.29 is 0 Å². The molecule has 1 aliphatic carbocycles. The molecule has 1 rings (SSSR count). The zero-order valence-electron chi connectivity index (χ0n) is 11.5. The maximum Gasteiger partial charge on any atom is -0.0104 e. The van der Waals surface area contributed by atoms with Crippen molar-refractivity contribution in [2.24, 2.45) is 5.41 Å². The number of hydrogen-bond donors (Lipinski definition) is 0. The van der Waals surface area contributed by atoms with E-state index in [0.29, 0.717) is 5.41 Å². The van der Waals surface area contributed by atoms with E-state index in [4.69, 9.17) is 0 Å². The lowest BCUT2D eigenvalue weighted by Crippen LogP contribution is -2.18. The molecular formula is C15H28. The summed E-state index contributed by atoms with van der Waals surface area (Å²) in [5.74, 6) is 0. The Morgan fingerprint density at radius 2 is 1.87 bits per heavy atom. The van der Waals surface area contributed by atoms with Gasteiger partial charge < -0.3 is 0 Å². The number of rotatable bonds is 2. The Morgan fingerprint density at radius 1 is 1.27 bits per heavy atom. The summed E-state index contributed by atoms with van der Waals surface area (Å²) in [7, 11) is 0. The van der Waals surface area contributed by atoms with E-state index in [0.717, 1.165) is 6.42 Å². The van der Waals surface area contributed by atoms with Crippen LogP contribution in [0.5, 0.6) is 0 Å². The molecule has 0 aliphatic heterocycles. The standard InChI is InChI=1S/C13H22.C2H6/c1-5-6-9-12-11(2)8-7-10-13(12,3)4;1-2/h6,9H,5,7-8,10H2,1-4H3;1-2H3/b9-6+;. The molecule has 0 nitrogen and oxygen atoms in total. The second-order valence-corrected chi connectivity index (χ2v) is 4.74. The van der Waals surface area contributed by atoms with Gasteiger partial charge in [0.2, 0.25) is 0 Å². The van der Waals surface area contributed by atoms with E-state index in [1.54, 1.807) is 11.1 Å². The average Bonchev–Trinajstić information content (AvgIpc) is 2.19. The molecule has 15 heavy (non-hydrogen) atoms. The highest BCUT2D eigenvalue weighted by Crippen LogP contribution is 2.40. The first-order chi connectivity index (χ1) is 7.08. The van der Waals surface area contributed by atoms with Crippen molar-refractivity contribution in [3.63, 3.8) is 0 Å². The van der Waals surface area contributed by atoms with Gasteiger partial charge in [-0.3, -0.25) is 0 Å². The quantitative estimate of drug-likeness (QED) is 0.561. The second kappa shape index (κ2) is 6.87. The minimum atomic E-state index is 0.411. The van der Waals surface area contributed by atoms with E-state index >= 15 is 0 Å². The molecule has 0 fully saturated rings. The average molecular weight is 208 g/mol. The molecule has 0 saturated heterocycles. The van der Waals surface area contributed by atoms with Gasteiger partial charge in [0.25, 0.3) is 0 Å². The van der Waals surface area contributed by atoms with Crippen molar-refractivity contribution >= 4 is 0 Å². The van der Waals surface area contributed by atoms with Crippen molar-refractivity contribution in [1.82, 2.24) is 0 Å². The van der Waals surface area contributed by atoms with Crippen LogP contribution in [0.2, 0.25) is 0 Å². The smallest absolute Gasteiger partial charge is 0.0104 e. The summed E-state index contributed by atoms with van der Waals surface area (Å²) in [6.07, 6.45) is 9.77. The minimum Gasteiger partial charge on any atom is -0.0845 e. The lowest BCUT2D eigenvalue weighted by atomic mass is 9.72. The van der Waals surface area contributed by atoms with Gasteiger partial charge in [-0.2, -0.15) is 0 Å². The van der Waals surface area contributed by atoms with Crippen LogP contribution in [0.1, 0.15) is 67.2 Å². The molecular weight excluding hydrogens is 180 g/mol. The van der Waals surface area contributed by atoms with Gasteiger partial charge in [0.15, 0.2) is 0 Å². The maximum absolute atomic E-state index is 2.37. The van der Waals surface area contributed by atoms with E-state index in [-0.39, 0.29) is 0 Å². The molecule has 0 bridgehead atoms. The third-order valence-corrected chi connectivity index (χ3v) is 3.06. The van der Waals surface area contributed by atoms with Gasteiger partial charge in [-0.05, 0) is 43.6 Å². The Hall–Kier alpha value is -0.520. The normalized spacial score (nSPS) is 20.1. The molecule has 0 spiro atoms. The molecule has 0 heteroatoms. The summed E-state index contributed by atoms with van der Waals surface area (Å²) in [6, 6.07) is 0. The van der Waals surface area contributed by atoms with Gasteiger partial charge in [-0.15, -0.1) is 0 Å². The number of hydrogen-bond acceptors (Lipinski definition) is 0. The highest BCUT2D eigenvalue weighted by atomic mass is 14.3.